The molecule has 1 aromatic heterocycles. The van der Waals surface area contributed by atoms with E-state index in [-0.39, 0.29) is 12.1 Å². The van der Waals surface area contributed by atoms with Gasteiger partial charge in [-0.3, -0.25) is 0 Å². The van der Waals surface area contributed by atoms with Crippen LogP contribution in [0.2, 0.25) is 0 Å². The minimum Gasteiger partial charge on any atom is -0.458 e. The molecule has 2 aliphatic heterocycles. The molecule has 5 heteroatoms. The molecule has 10 aromatic rings. The topological polar surface area (TPSA) is 20.6 Å². The summed E-state index contributed by atoms with van der Waals surface area (Å²) in [5.74, 6) is 1.82. The quantitative estimate of drug-likeness (QED) is 0.162. The second-order valence-corrected chi connectivity index (χ2v) is 17.3. The lowest BCUT2D eigenvalue weighted by Crippen LogP contribution is -2.59. The van der Waals surface area contributed by atoms with Crippen LogP contribution in [0.4, 0.5) is 34.1 Å². The monoisotopic (exact) mass is 793 g/mol. The third kappa shape index (κ3) is 4.96. The Morgan fingerprint density at radius 2 is 1.10 bits per heavy atom. The number of anilines is 6. The summed E-state index contributed by atoms with van der Waals surface area (Å²) in [5.41, 5.74) is 19.0. The zero-order chi connectivity index (χ0) is 41.1. The van der Waals surface area contributed by atoms with Gasteiger partial charge in [0.05, 0.1) is 11.0 Å². The highest BCUT2D eigenvalue weighted by molar-refractivity contribution is 6.99. The van der Waals surface area contributed by atoms with Gasteiger partial charge < -0.3 is 19.1 Å². The molecule has 0 amide bonds. The minimum atomic E-state index is -0.274. The first kappa shape index (κ1) is 35.0. The molecule has 0 saturated heterocycles. The van der Waals surface area contributed by atoms with E-state index in [1.54, 1.807) is 0 Å². The molecule has 9 aromatic carbocycles. The van der Waals surface area contributed by atoms with E-state index < -0.39 is 0 Å². The molecule has 3 aliphatic rings. The van der Waals surface area contributed by atoms with Gasteiger partial charge in [0, 0.05) is 56.0 Å². The number of fused-ring (bicyclic) bond motifs is 10. The van der Waals surface area contributed by atoms with E-state index in [2.05, 4.69) is 234 Å². The van der Waals surface area contributed by atoms with E-state index in [1.165, 1.54) is 66.1 Å². The zero-order valence-corrected chi connectivity index (χ0v) is 34.5. The molecule has 0 unspecified atom stereocenters. The van der Waals surface area contributed by atoms with Gasteiger partial charge in [0.15, 0.2) is 0 Å². The van der Waals surface area contributed by atoms with Gasteiger partial charge in [-0.15, -0.1) is 0 Å². The lowest BCUT2D eigenvalue weighted by atomic mass is 9.34. The van der Waals surface area contributed by atoms with Crippen molar-refractivity contribution >= 4 is 79.0 Å². The number of rotatable bonds is 5. The van der Waals surface area contributed by atoms with Crippen molar-refractivity contribution < 1.29 is 4.74 Å². The van der Waals surface area contributed by atoms with Gasteiger partial charge in [-0.05, 0) is 136 Å². The predicted octanol–water partition coefficient (Wildman–Crippen LogP) is 13.0. The van der Waals surface area contributed by atoms with Crippen molar-refractivity contribution in [1.29, 1.82) is 0 Å². The SMILES string of the molecule is CC1(C)c2cc(N(c3ccccc3)c3ccccc3)ccc2-c2cc3c(cc21)B1c2cc4c(cc2Oc2cccc(c21)N3c1ccccc1)c1ccccc1n4-c1ccccc1. The van der Waals surface area contributed by atoms with Gasteiger partial charge in [0.25, 0.3) is 6.71 Å². The molecule has 1 aliphatic carbocycles. The van der Waals surface area contributed by atoms with Gasteiger partial charge >= 0.3 is 0 Å². The van der Waals surface area contributed by atoms with Gasteiger partial charge in [-0.25, -0.2) is 0 Å². The molecule has 0 fully saturated rings. The molecule has 0 spiro atoms. The van der Waals surface area contributed by atoms with Crippen LogP contribution in [0.3, 0.4) is 0 Å². The van der Waals surface area contributed by atoms with Crippen molar-refractivity contribution in [3.63, 3.8) is 0 Å². The van der Waals surface area contributed by atoms with E-state index in [9.17, 15) is 0 Å². The van der Waals surface area contributed by atoms with Crippen molar-refractivity contribution in [2.45, 2.75) is 19.3 Å². The highest BCUT2D eigenvalue weighted by Gasteiger charge is 2.45. The van der Waals surface area contributed by atoms with Crippen LogP contribution in [-0.2, 0) is 5.41 Å². The average Bonchev–Trinajstić information content (AvgIpc) is 3.75. The fourth-order valence-corrected chi connectivity index (χ4v) is 10.8. The van der Waals surface area contributed by atoms with Crippen LogP contribution in [0.15, 0.2) is 206 Å². The third-order valence-corrected chi connectivity index (χ3v) is 13.6. The van der Waals surface area contributed by atoms with Gasteiger partial charge in [0.1, 0.15) is 11.5 Å². The van der Waals surface area contributed by atoms with E-state index in [0.29, 0.717) is 0 Å². The number of benzene rings is 9. The zero-order valence-electron chi connectivity index (χ0n) is 34.5. The molecule has 13 rings (SSSR count). The van der Waals surface area contributed by atoms with Crippen molar-refractivity contribution in [2.75, 3.05) is 9.80 Å². The van der Waals surface area contributed by atoms with E-state index in [1.807, 2.05) is 0 Å². The van der Waals surface area contributed by atoms with Crippen LogP contribution in [0, 0.1) is 0 Å². The summed E-state index contributed by atoms with van der Waals surface area (Å²) < 4.78 is 9.46. The first-order valence-corrected chi connectivity index (χ1v) is 21.5. The first-order chi connectivity index (χ1) is 30.5. The molecule has 0 saturated carbocycles. The highest BCUT2D eigenvalue weighted by atomic mass is 16.5. The summed E-state index contributed by atoms with van der Waals surface area (Å²) in [4.78, 5) is 4.83. The summed E-state index contributed by atoms with van der Waals surface area (Å²) in [5, 5.41) is 2.40. The number of nitrogens with zero attached hydrogens (tertiary/aromatic N) is 3. The number of hydrogen-bond acceptors (Lipinski definition) is 3. The fraction of sp³-hybridized carbons (Fsp3) is 0.0526. The lowest BCUT2D eigenvalue weighted by molar-refractivity contribution is 0.488. The Labute approximate surface area is 361 Å². The highest BCUT2D eigenvalue weighted by Crippen LogP contribution is 2.53. The van der Waals surface area contributed by atoms with E-state index in [0.717, 1.165) is 45.6 Å². The number of para-hydroxylation sites is 5. The maximum Gasteiger partial charge on any atom is 0.256 e. The third-order valence-electron chi connectivity index (χ3n) is 13.6. The first-order valence-electron chi connectivity index (χ1n) is 21.5. The van der Waals surface area contributed by atoms with Gasteiger partial charge in [-0.1, -0.05) is 123 Å². The number of hydrogen-bond donors (Lipinski definition) is 0. The normalized spacial score (nSPS) is 13.8. The molecule has 3 heterocycles. The predicted molar refractivity (Wildman–Crippen MR) is 259 cm³/mol. The maximum atomic E-state index is 7.05. The Morgan fingerprint density at radius 1 is 0.452 bits per heavy atom. The van der Waals surface area contributed by atoms with Crippen molar-refractivity contribution in [2.24, 2.45) is 0 Å². The summed E-state index contributed by atoms with van der Waals surface area (Å²) >= 11 is 0. The number of ether oxygens (including phenoxy) is 1. The summed E-state index contributed by atoms with van der Waals surface area (Å²) in [6, 6.07) is 75.1. The molecule has 4 nitrogen and oxygen atoms in total. The molecule has 0 N–H and O–H groups in total. The second kappa shape index (κ2) is 13.1. The molecule has 0 bridgehead atoms. The Morgan fingerprint density at radius 3 is 1.82 bits per heavy atom. The fourth-order valence-electron chi connectivity index (χ4n) is 10.8. The minimum absolute atomic E-state index is 0.0569. The summed E-state index contributed by atoms with van der Waals surface area (Å²) in [6.45, 7) is 4.75. The van der Waals surface area contributed by atoms with Crippen LogP contribution in [-0.4, -0.2) is 11.3 Å². The molecule has 0 atom stereocenters. The Hall–Kier alpha value is -7.76. The summed E-state index contributed by atoms with van der Waals surface area (Å²) in [6.07, 6.45) is 0. The maximum absolute atomic E-state index is 7.05. The standard InChI is InChI=1S/C57H40BN3O/c1-57(2)46-32-41(59(37-18-7-3-8-19-37)38-20-9-4-10-21-38)30-31-42(46)44-33-53-48(35-47(44)57)58-49-36-52-45(43-26-15-16-27-50(43)60(52)39-22-11-5-12-23-39)34-55(49)62-54-29-17-28-51(56(54)58)61(53)40-24-13-6-14-25-40/h3-36H,1-2H3. The second-order valence-electron chi connectivity index (χ2n) is 17.3. The van der Waals surface area contributed by atoms with Crippen molar-refractivity contribution in [3.8, 4) is 28.3 Å². The van der Waals surface area contributed by atoms with Crippen molar-refractivity contribution in [3.05, 3.63) is 217 Å². The van der Waals surface area contributed by atoms with E-state index >= 15 is 0 Å². The Bertz CT molecular complexity index is 3380. The molecule has 292 valence electrons. The van der Waals surface area contributed by atoms with Crippen LogP contribution >= 0.6 is 0 Å². The molecular weight excluding hydrogens is 753 g/mol. The van der Waals surface area contributed by atoms with Crippen LogP contribution < -0.4 is 30.9 Å². The molecular formula is C57H40BN3O. The van der Waals surface area contributed by atoms with E-state index in [4.69, 9.17) is 4.74 Å². The Balaban J connectivity index is 1.05. The lowest BCUT2D eigenvalue weighted by Gasteiger charge is -2.40. The van der Waals surface area contributed by atoms with Crippen LogP contribution in [0.1, 0.15) is 25.0 Å². The van der Waals surface area contributed by atoms with Gasteiger partial charge in [0.2, 0.25) is 0 Å². The largest absolute Gasteiger partial charge is 0.458 e. The summed E-state index contributed by atoms with van der Waals surface area (Å²) in [7, 11) is 0. The van der Waals surface area contributed by atoms with Gasteiger partial charge in [-0.2, -0.15) is 0 Å². The molecule has 0 radical (unpaired) electrons. The molecule has 62 heavy (non-hydrogen) atoms. The Kier molecular flexibility index (Phi) is 7.42. The number of aromatic nitrogens is 1. The average molecular weight is 794 g/mol. The van der Waals surface area contributed by atoms with Crippen LogP contribution in [0.5, 0.6) is 11.5 Å². The smallest absolute Gasteiger partial charge is 0.256 e. The van der Waals surface area contributed by atoms with Crippen molar-refractivity contribution in [1.82, 2.24) is 4.57 Å². The van der Waals surface area contributed by atoms with Crippen LogP contribution in [0.25, 0.3) is 38.6 Å².